The number of anilines is 2. The van der Waals surface area contributed by atoms with Crippen LogP contribution >= 0.6 is 11.6 Å². The average molecular weight is 528 g/mol. The van der Waals surface area contributed by atoms with Crippen LogP contribution in [0.5, 0.6) is 11.5 Å². The molecular weight excluding hydrogens is 494 g/mol. The average Bonchev–Trinajstić information content (AvgIpc) is 3.13. The Bertz CT molecular complexity index is 1500. The van der Waals surface area contributed by atoms with Gasteiger partial charge in [0.05, 0.1) is 16.3 Å². The van der Waals surface area contributed by atoms with Crippen LogP contribution in [0.1, 0.15) is 73.9 Å². The van der Waals surface area contributed by atoms with Crippen LogP contribution in [0, 0.1) is 29.1 Å². The first kappa shape index (κ1) is 24.1. The van der Waals surface area contributed by atoms with Crippen LogP contribution in [0.2, 0.25) is 5.02 Å². The normalized spacial score (nSPS) is 34.1. The van der Waals surface area contributed by atoms with Crippen LogP contribution in [-0.2, 0) is 5.41 Å². The molecule has 38 heavy (non-hydrogen) atoms. The number of aromatic carboxylic acids is 1. The summed E-state index contributed by atoms with van der Waals surface area (Å²) >= 11 is 6.88. The van der Waals surface area contributed by atoms with Crippen molar-refractivity contribution in [3.8, 4) is 11.5 Å². The Morgan fingerprint density at radius 2 is 1.79 bits per heavy atom. The summed E-state index contributed by atoms with van der Waals surface area (Å²) in [5, 5.41) is 13.4. The van der Waals surface area contributed by atoms with Gasteiger partial charge in [-0.05, 0) is 121 Å². The predicted octanol–water partition coefficient (Wildman–Crippen LogP) is 9.13. The van der Waals surface area contributed by atoms with Crippen molar-refractivity contribution < 1.29 is 14.6 Å². The molecule has 3 bridgehead atoms. The highest BCUT2D eigenvalue weighted by atomic mass is 35.5. The van der Waals surface area contributed by atoms with E-state index in [1.807, 2.05) is 31.2 Å². The van der Waals surface area contributed by atoms with Crippen molar-refractivity contribution in [1.82, 2.24) is 0 Å². The molecular formula is C33H34ClNO3. The lowest BCUT2D eigenvalue weighted by atomic mass is 9.38. The Morgan fingerprint density at radius 1 is 0.974 bits per heavy atom. The second kappa shape index (κ2) is 7.79. The second-order valence-corrected chi connectivity index (χ2v) is 13.7. The van der Waals surface area contributed by atoms with Crippen molar-refractivity contribution in [2.75, 3.05) is 5.32 Å². The number of fused-ring (bicyclic) bond motifs is 2. The first-order valence-electron chi connectivity index (χ1n) is 13.7. The maximum absolute atomic E-state index is 11.6. The Balaban J connectivity index is 1.13. The molecule has 2 N–H and O–H groups in total. The molecule has 4 nitrogen and oxygen atoms in total. The molecule has 1 spiro atoms. The monoisotopic (exact) mass is 527 g/mol. The summed E-state index contributed by atoms with van der Waals surface area (Å²) in [6.45, 7) is 7.07. The van der Waals surface area contributed by atoms with Crippen LogP contribution in [0.25, 0.3) is 0 Å². The molecule has 0 saturated heterocycles. The number of hydrogen-bond donors (Lipinski definition) is 2. The number of benzene rings is 3. The van der Waals surface area contributed by atoms with Crippen molar-refractivity contribution in [1.29, 1.82) is 0 Å². The van der Waals surface area contributed by atoms with E-state index in [0.29, 0.717) is 38.5 Å². The van der Waals surface area contributed by atoms with Crippen LogP contribution in [-0.4, -0.2) is 11.1 Å². The lowest BCUT2D eigenvalue weighted by Gasteiger charge is -2.66. The number of carboxylic acids is 1. The van der Waals surface area contributed by atoms with Crippen molar-refractivity contribution >= 4 is 28.9 Å². The zero-order chi connectivity index (χ0) is 26.5. The van der Waals surface area contributed by atoms with E-state index in [2.05, 4.69) is 37.4 Å². The molecule has 3 aromatic carbocycles. The molecule has 7 rings (SSSR count). The van der Waals surface area contributed by atoms with Gasteiger partial charge in [-0.25, -0.2) is 4.79 Å². The van der Waals surface area contributed by atoms with Gasteiger partial charge in [0.15, 0.2) is 0 Å². The molecule has 196 valence electrons. The predicted molar refractivity (Wildman–Crippen MR) is 151 cm³/mol. The van der Waals surface area contributed by atoms with Crippen molar-refractivity contribution in [3.63, 3.8) is 0 Å². The van der Waals surface area contributed by atoms with E-state index in [0.717, 1.165) is 17.2 Å². The Labute approximate surface area is 229 Å². The zero-order valence-corrected chi connectivity index (χ0v) is 23.0. The Morgan fingerprint density at radius 3 is 2.55 bits per heavy atom. The third kappa shape index (κ3) is 3.19. The van der Waals surface area contributed by atoms with Gasteiger partial charge in [0.1, 0.15) is 11.5 Å². The number of ether oxygens (including phenoxy) is 1. The van der Waals surface area contributed by atoms with E-state index < -0.39 is 5.97 Å². The number of nitrogens with one attached hydrogen (secondary N) is 1. The molecule has 5 unspecified atom stereocenters. The molecule has 0 aromatic heterocycles. The molecule has 5 heteroatoms. The van der Waals surface area contributed by atoms with Gasteiger partial charge in [0.25, 0.3) is 0 Å². The highest BCUT2D eigenvalue weighted by Gasteiger charge is 2.81. The Kier molecular flexibility index (Phi) is 4.94. The largest absolute Gasteiger partial charge is 0.478 e. The van der Waals surface area contributed by atoms with E-state index in [1.165, 1.54) is 44.1 Å². The minimum atomic E-state index is -0.961. The number of halogens is 1. The Hall–Kier alpha value is -2.98. The minimum Gasteiger partial charge on any atom is -0.478 e. The molecule has 4 aliphatic rings. The lowest BCUT2D eigenvalue weighted by Crippen LogP contribution is -2.61. The third-order valence-electron chi connectivity index (χ3n) is 10.7. The smallest absolute Gasteiger partial charge is 0.337 e. The zero-order valence-electron chi connectivity index (χ0n) is 22.2. The van der Waals surface area contributed by atoms with Gasteiger partial charge in [-0.2, -0.15) is 0 Å². The van der Waals surface area contributed by atoms with Crippen LogP contribution < -0.4 is 10.1 Å². The van der Waals surface area contributed by atoms with Gasteiger partial charge in [-0.3, -0.25) is 0 Å². The number of hydrogen-bond acceptors (Lipinski definition) is 3. The molecule has 0 aliphatic heterocycles. The standard InChI is InChI=1S/C33H34ClNO3/c1-20-12-23(9-10-26(20)35-27-7-5-4-6-24(27)29(36)37)38-28-11-8-22(13-25(28)34)32-17-30(2)14-21-15-31(3,19-32)33(32,16-21)18-30/h4-13,21,35H,14-19H2,1-3H3,(H,36,37). The highest BCUT2D eigenvalue weighted by Crippen LogP contribution is 2.88. The van der Waals surface area contributed by atoms with Crippen molar-refractivity contribution in [3.05, 3.63) is 82.4 Å². The molecule has 4 saturated carbocycles. The van der Waals surface area contributed by atoms with Crippen molar-refractivity contribution in [2.24, 2.45) is 22.2 Å². The van der Waals surface area contributed by atoms with E-state index in [4.69, 9.17) is 16.3 Å². The quantitative estimate of drug-likeness (QED) is 0.335. The molecule has 0 amide bonds. The lowest BCUT2D eigenvalue weighted by molar-refractivity contribution is -0.115. The van der Waals surface area contributed by atoms with Gasteiger partial charge in [-0.1, -0.05) is 43.6 Å². The topological polar surface area (TPSA) is 58.6 Å². The van der Waals surface area contributed by atoms with Gasteiger partial charge < -0.3 is 15.2 Å². The van der Waals surface area contributed by atoms with Gasteiger partial charge in [0, 0.05) is 11.1 Å². The second-order valence-electron chi connectivity index (χ2n) is 13.2. The number of aryl methyl sites for hydroxylation is 1. The van der Waals surface area contributed by atoms with Gasteiger partial charge in [-0.15, -0.1) is 0 Å². The van der Waals surface area contributed by atoms with E-state index in [1.54, 1.807) is 18.2 Å². The fourth-order valence-electron chi connectivity index (χ4n) is 9.83. The molecule has 4 aliphatic carbocycles. The SMILES string of the molecule is Cc1cc(Oc2ccc(C34CC5(C)CC6CC(C)(C3)C4(C6)C5)cc2Cl)ccc1Nc1ccccc1C(=O)O. The summed E-state index contributed by atoms with van der Waals surface area (Å²) in [5.74, 6) is 1.31. The van der Waals surface area contributed by atoms with Crippen molar-refractivity contribution in [2.45, 2.75) is 64.7 Å². The van der Waals surface area contributed by atoms with Gasteiger partial charge >= 0.3 is 5.97 Å². The van der Waals surface area contributed by atoms with Crippen LogP contribution in [0.4, 0.5) is 11.4 Å². The first-order chi connectivity index (χ1) is 18.1. The summed E-state index contributed by atoms with van der Waals surface area (Å²) in [4.78, 5) is 11.6. The van der Waals surface area contributed by atoms with Gasteiger partial charge in [0.2, 0.25) is 0 Å². The molecule has 4 fully saturated rings. The summed E-state index contributed by atoms with van der Waals surface area (Å²) in [6.07, 6.45) is 8.16. The first-order valence-corrected chi connectivity index (χ1v) is 14.1. The van der Waals surface area contributed by atoms with E-state index in [9.17, 15) is 9.90 Å². The number of para-hydroxylation sites is 1. The maximum Gasteiger partial charge on any atom is 0.337 e. The summed E-state index contributed by atoms with van der Waals surface area (Å²) < 4.78 is 6.25. The minimum absolute atomic E-state index is 0.234. The number of rotatable bonds is 6. The number of carboxylic acid groups (broad SMARTS) is 1. The highest BCUT2D eigenvalue weighted by molar-refractivity contribution is 6.32. The van der Waals surface area contributed by atoms with Crippen LogP contribution in [0.15, 0.2) is 60.7 Å². The molecule has 5 atom stereocenters. The van der Waals surface area contributed by atoms with E-state index >= 15 is 0 Å². The summed E-state index contributed by atoms with van der Waals surface area (Å²) in [5.41, 5.74) is 5.65. The third-order valence-corrected chi connectivity index (χ3v) is 11.0. The number of carbonyl (C=O) groups is 1. The molecule has 0 heterocycles. The maximum atomic E-state index is 11.6. The summed E-state index contributed by atoms with van der Waals surface area (Å²) in [7, 11) is 0. The van der Waals surface area contributed by atoms with E-state index in [-0.39, 0.29) is 11.0 Å². The molecule has 0 radical (unpaired) electrons. The van der Waals surface area contributed by atoms with Crippen LogP contribution in [0.3, 0.4) is 0 Å². The fourth-order valence-corrected chi connectivity index (χ4v) is 10.0. The fraction of sp³-hybridized carbons (Fsp3) is 0.424. The summed E-state index contributed by atoms with van der Waals surface area (Å²) in [6, 6.07) is 19.2. The molecule has 3 aromatic rings.